The molecule has 0 aromatic carbocycles. The first-order valence-corrected chi connectivity index (χ1v) is 6.08. The van der Waals surface area contributed by atoms with Crippen molar-refractivity contribution in [3.63, 3.8) is 0 Å². The van der Waals surface area contributed by atoms with Crippen molar-refractivity contribution in [3.05, 3.63) is 0 Å². The van der Waals surface area contributed by atoms with Crippen molar-refractivity contribution in [2.75, 3.05) is 6.54 Å². The van der Waals surface area contributed by atoms with Crippen LogP contribution in [0.1, 0.15) is 51.9 Å². The highest BCUT2D eigenvalue weighted by atomic mass is 16.1. The number of carbonyl (C=O) groups excluding carboxylic acids is 1. The molecule has 2 aliphatic heterocycles. The summed E-state index contributed by atoms with van der Waals surface area (Å²) in [7, 11) is 0. The number of Topliss-reactive ketones (excluding diaryl/α,β-unsaturated/α-hetero) is 1. The molecule has 2 bridgehead atoms. The number of hydrogen-bond acceptors (Lipinski definition) is 2. The Bertz CT molecular complexity index is 198. The number of ketones is 1. The second-order valence-electron chi connectivity index (χ2n) is 4.78. The topological polar surface area (TPSA) is 20.3 Å². The molecule has 0 N–H and O–H groups in total. The highest BCUT2D eigenvalue weighted by Gasteiger charge is 2.36. The third-order valence-corrected chi connectivity index (χ3v) is 3.71. The fraction of sp³-hybridized carbons (Fsp3) is 0.917. The van der Waals surface area contributed by atoms with E-state index in [1.54, 1.807) is 0 Å². The molecule has 2 heteroatoms. The maximum absolute atomic E-state index is 11.5. The molecule has 0 aromatic rings. The van der Waals surface area contributed by atoms with E-state index in [0.29, 0.717) is 17.9 Å². The molecule has 0 spiro atoms. The fourth-order valence-electron chi connectivity index (χ4n) is 2.97. The number of fused-ring (bicyclic) bond motifs is 2. The molecule has 2 fully saturated rings. The molecule has 0 saturated carbocycles. The Morgan fingerprint density at radius 1 is 1.29 bits per heavy atom. The number of carbonyl (C=O) groups is 1. The second kappa shape index (κ2) is 4.43. The SMILES string of the molecule is CCCCN1C2CCCC1CC(=O)C2. The van der Waals surface area contributed by atoms with Gasteiger partial charge in [-0.05, 0) is 25.8 Å². The molecule has 14 heavy (non-hydrogen) atoms. The lowest BCUT2D eigenvalue weighted by Gasteiger charge is -2.45. The van der Waals surface area contributed by atoms with Crippen LogP contribution in [-0.4, -0.2) is 29.3 Å². The van der Waals surface area contributed by atoms with E-state index in [2.05, 4.69) is 11.8 Å². The molecule has 0 aliphatic carbocycles. The average molecular weight is 195 g/mol. The van der Waals surface area contributed by atoms with Gasteiger partial charge < -0.3 is 0 Å². The van der Waals surface area contributed by atoms with Gasteiger partial charge in [0.25, 0.3) is 0 Å². The van der Waals surface area contributed by atoms with Crippen LogP contribution in [0.5, 0.6) is 0 Å². The molecular formula is C12H21NO. The predicted octanol–water partition coefficient (Wildman–Crippen LogP) is 2.37. The van der Waals surface area contributed by atoms with Crippen LogP contribution >= 0.6 is 0 Å². The quantitative estimate of drug-likeness (QED) is 0.689. The highest BCUT2D eigenvalue weighted by Crippen LogP contribution is 2.32. The van der Waals surface area contributed by atoms with Crippen molar-refractivity contribution in [1.82, 2.24) is 4.90 Å². The summed E-state index contributed by atoms with van der Waals surface area (Å²) in [5.74, 6) is 0.507. The molecule has 0 aromatic heterocycles. The molecule has 2 atom stereocenters. The molecule has 2 saturated heterocycles. The van der Waals surface area contributed by atoms with Crippen LogP contribution in [0, 0.1) is 0 Å². The van der Waals surface area contributed by atoms with Gasteiger partial charge in [0.15, 0.2) is 0 Å². The Hall–Kier alpha value is -0.370. The fourth-order valence-corrected chi connectivity index (χ4v) is 2.97. The van der Waals surface area contributed by atoms with Crippen molar-refractivity contribution in [3.8, 4) is 0 Å². The van der Waals surface area contributed by atoms with E-state index < -0.39 is 0 Å². The summed E-state index contributed by atoms with van der Waals surface area (Å²) in [6.07, 6.45) is 8.08. The standard InChI is InChI=1S/C12H21NO/c1-2-3-7-13-10-5-4-6-11(13)9-12(14)8-10/h10-11H,2-9H2,1H3. The third-order valence-electron chi connectivity index (χ3n) is 3.71. The molecule has 2 rings (SSSR count). The van der Waals surface area contributed by atoms with Gasteiger partial charge in [-0.15, -0.1) is 0 Å². The lowest BCUT2D eigenvalue weighted by atomic mass is 9.83. The smallest absolute Gasteiger partial charge is 0.136 e. The van der Waals surface area contributed by atoms with Crippen LogP contribution < -0.4 is 0 Å². The largest absolute Gasteiger partial charge is 0.300 e. The van der Waals surface area contributed by atoms with E-state index in [4.69, 9.17) is 0 Å². The second-order valence-corrected chi connectivity index (χ2v) is 4.78. The van der Waals surface area contributed by atoms with E-state index >= 15 is 0 Å². The van der Waals surface area contributed by atoms with E-state index in [1.165, 1.54) is 38.6 Å². The molecule has 2 nitrogen and oxygen atoms in total. The summed E-state index contributed by atoms with van der Waals surface area (Å²) >= 11 is 0. The lowest BCUT2D eigenvalue weighted by Crippen LogP contribution is -2.52. The van der Waals surface area contributed by atoms with Gasteiger partial charge in [0.1, 0.15) is 5.78 Å². The Balaban J connectivity index is 1.97. The predicted molar refractivity (Wildman–Crippen MR) is 57.3 cm³/mol. The van der Waals surface area contributed by atoms with Gasteiger partial charge in [-0.3, -0.25) is 9.69 Å². The van der Waals surface area contributed by atoms with Crippen LogP contribution in [0.2, 0.25) is 0 Å². The molecule has 80 valence electrons. The summed E-state index contributed by atoms with van der Waals surface area (Å²) in [6, 6.07) is 1.20. The van der Waals surface area contributed by atoms with Gasteiger partial charge in [0.05, 0.1) is 0 Å². The van der Waals surface area contributed by atoms with E-state index in [1.807, 2.05) is 0 Å². The number of nitrogens with zero attached hydrogens (tertiary/aromatic N) is 1. The Labute approximate surface area is 86.7 Å². The van der Waals surface area contributed by atoms with Crippen molar-refractivity contribution in [1.29, 1.82) is 0 Å². The van der Waals surface area contributed by atoms with Crippen LogP contribution in [0.4, 0.5) is 0 Å². The summed E-state index contributed by atoms with van der Waals surface area (Å²) in [5.41, 5.74) is 0. The zero-order valence-electron chi connectivity index (χ0n) is 9.17. The molecule has 2 aliphatic rings. The minimum absolute atomic E-state index is 0.507. The average Bonchev–Trinajstić information content (AvgIpc) is 2.14. The van der Waals surface area contributed by atoms with Gasteiger partial charge >= 0.3 is 0 Å². The summed E-state index contributed by atoms with van der Waals surface area (Å²) in [5, 5.41) is 0. The first-order chi connectivity index (χ1) is 6.81. The molecule has 0 radical (unpaired) electrons. The Kier molecular flexibility index (Phi) is 3.22. The Morgan fingerprint density at radius 2 is 1.93 bits per heavy atom. The number of piperidine rings is 2. The summed E-state index contributed by atoms with van der Waals surface area (Å²) in [4.78, 5) is 14.1. The molecular weight excluding hydrogens is 174 g/mol. The molecule has 2 heterocycles. The maximum atomic E-state index is 11.5. The molecule has 0 amide bonds. The third kappa shape index (κ3) is 2.00. The van der Waals surface area contributed by atoms with Crippen LogP contribution in [0.3, 0.4) is 0 Å². The van der Waals surface area contributed by atoms with Gasteiger partial charge in [-0.25, -0.2) is 0 Å². The number of hydrogen-bond donors (Lipinski definition) is 0. The van der Waals surface area contributed by atoms with Crippen LogP contribution in [0.15, 0.2) is 0 Å². The minimum Gasteiger partial charge on any atom is -0.300 e. The van der Waals surface area contributed by atoms with Crippen LogP contribution in [0.25, 0.3) is 0 Å². The summed E-state index contributed by atoms with van der Waals surface area (Å²) < 4.78 is 0. The highest BCUT2D eigenvalue weighted by molar-refractivity contribution is 5.80. The normalized spacial score (nSPS) is 33.4. The first-order valence-electron chi connectivity index (χ1n) is 6.08. The van der Waals surface area contributed by atoms with E-state index in [0.717, 1.165) is 12.8 Å². The minimum atomic E-state index is 0.507. The van der Waals surface area contributed by atoms with Crippen molar-refractivity contribution < 1.29 is 4.79 Å². The maximum Gasteiger partial charge on any atom is 0.136 e. The van der Waals surface area contributed by atoms with Crippen molar-refractivity contribution in [2.24, 2.45) is 0 Å². The van der Waals surface area contributed by atoms with Crippen molar-refractivity contribution >= 4 is 5.78 Å². The van der Waals surface area contributed by atoms with Gasteiger partial charge in [0, 0.05) is 24.9 Å². The zero-order valence-corrected chi connectivity index (χ0v) is 9.17. The zero-order chi connectivity index (χ0) is 9.97. The van der Waals surface area contributed by atoms with E-state index in [-0.39, 0.29) is 0 Å². The van der Waals surface area contributed by atoms with Crippen LogP contribution in [-0.2, 0) is 4.79 Å². The molecule has 2 unspecified atom stereocenters. The van der Waals surface area contributed by atoms with E-state index in [9.17, 15) is 4.79 Å². The van der Waals surface area contributed by atoms with Crippen molar-refractivity contribution in [2.45, 2.75) is 64.0 Å². The lowest BCUT2D eigenvalue weighted by molar-refractivity contribution is -0.127. The Morgan fingerprint density at radius 3 is 2.50 bits per heavy atom. The number of rotatable bonds is 3. The van der Waals surface area contributed by atoms with Gasteiger partial charge in [-0.1, -0.05) is 19.8 Å². The van der Waals surface area contributed by atoms with Gasteiger partial charge in [0.2, 0.25) is 0 Å². The number of unbranched alkanes of at least 4 members (excludes halogenated alkanes) is 1. The monoisotopic (exact) mass is 195 g/mol. The summed E-state index contributed by atoms with van der Waals surface area (Å²) in [6.45, 7) is 3.46. The first kappa shape index (κ1) is 10.2. The van der Waals surface area contributed by atoms with Gasteiger partial charge in [-0.2, -0.15) is 0 Å².